The Bertz CT molecular complexity index is 898. The first-order chi connectivity index (χ1) is 12.0. The number of hydrogen-bond donors (Lipinski definition) is 1. The van der Waals surface area contributed by atoms with Crippen molar-refractivity contribution in [3.8, 4) is 10.9 Å². The van der Waals surface area contributed by atoms with Gasteiger partial charge in [0, 0.05) is 28.7 Å². The molecule has 0 spiro atoms. The van der Waals surface area contributed by atoms with Gasteiger partial charge in [-0.2, -0.15) is 0 Å². The molecule has 0 aliphatic rings. The summed E-state index contributed by atoms with van der Waals surface area (Å²) in [6.07, 6.45) is 1.77. The zero-order chi connectivity index (χ0) is 18.0. The average Bonchev–Trinajstić information content (AvgIpc) is 3.18. The molecule has 2 aromatic heterocycles. The molecular formula is C19H21N3O2S. The molecule has 0 saturated heterocycles. The summed E-state index contributed by atoms with van der Waals surface area (Å²) in [5.41, 5.74) is 4.27. The maximum Gasteiger partial charge on any atom is 0.257 e. The highest BCUT2D eigenvalue weighted by atomic mass is 32.1. The van der Waals surface area contributed by atoms with Gasteiger partial charge in [0.1, 0.15) is 5.75 Å². The van der Waals surface area contributed by atoms with Gasteiger partial charge in [0.25, 0.3) is 5.91 Å². The van der Waals surface area contributed by atoms with E-state index in [9.17, 15) is 4.79 Å². The topological polar surface area (TPSA) is 56.1 Å². The predicted molar refractivity (Wildman–Crippen MR) is 101 cm³/mol. The number of benzene rings is 1. The van der Waals surface area contributed by atoms with Crippen LogP contribution in [-0.4, -0.2) is 22.1 Å². The fourth-order valence-electron chi connectivity index (χ4n) is 2.86. The Morgan fingerprint density at radius 3 is 2.72 bits per heavy atom. The summed E-state index contributed by atoms with van der Waals surface area (Å²) in [4.78, 5) is 17.1. The molecule has 0 unspecified atom stereocenters. The molecule has 0 saturated carbocycles. The van der Waals surface area contributed by atoms with Gasteiger partial charge in [-0.05, 0) is 57.5 Å². The minimum atomic E-state index is -0.125. The normalized spacial score (nSPS) is 10.7. The van der Waals surface area contributed by atoms with Crippen LogP contribution in [0.5, 0.6) is 5.75 Å². The van der Waals surface area contributed by atoms with Crippen LogP contribution < -0.4 is 10.1 Å². The smallest absolute Gasteiger partial charge is 0.257 e. The first kappa shape index (κ1) is 17.2. The standard InChI is InChI=1S/C19H21N3O2S/c1-5-24-17-7-6-15(10-12(17)2)21-18(23)16-11-13(3)22(14(16)4)19-20-8-9-25-19/h6-11H,5H2,1-4H3,(H,21,23). The lowest BCUT2D eigenvalue weighted by atomic mass is 10.2. The van der Waals surface area contributed by atoms with Crippen LogP contribution in [0.1, 0.15) is 34.2 Å². The molecule has 0 atom stereocenters. The van der Waals surface area contributed by atoms with Crippen molar-refractivity contribution in [3.05, 3.63) is 58.4 Å². The Balaban J connectivity index is 1.85. The second-order valence-corrected chi connectivity index (χ2v) is 6.68. The molecule has 0 aliphatic carbocycles. The highest BCUT2D eigenvalue weighted by Gasteiger charge is 2.18. The first-order valence-corrected chi connectivity index (χ1v) is 9.02. The van der Waals surface area contributed by atoms with E-state index in [2.05, 4.69) is 10.3 Å². The first-order valence-electron chi connectivity index (χ1n) is 8.15. The lowest BCUT2D eigenvalue weighted by Gasteiger charge is -2.10. The van der Waals surface area contributed by atoms with Crippen LogP contribution >= 0.6 is 11.3 Å². The van der Waals surface area contributed by atoms with E-state index in [1.807, 2.05) is 61.9 Å². The van der Waals surface area contributed by atoms with Crippen LogP contribution in [0.15, 0.2) is 35.8 Å². The fraction of sp³-hybridized carbons (Fsp3) is 0.263. The zero-order valence-electron chi connectivity index (χ0n) is 14.8. The summed E-state index contributed by atoms with van der Waals surface area (Å²) in [6.45, 7) is 8.45. The summed E-state index contributed by atoms with van der Waals surface area (Å²) in [5.74, 6) is 0.710. The van der Waals surface area contributed by atoms with Crippen molar-refractivity contribution < 1.29 is 9.53 Å². The maximum absolute atomic E-state index is 12.7. The van der Waals surface area contributed by atoms with Crippen LogP contribution in [0.2, 0.25) is 0 Å². The van der Waals surface area contributed by atoms with Crippen LogP contribution in [-0.2, 0) is 0 Å². The zero-order valence-corrected chi connectivity index (χ0v) is 15.6. The largest absolute Gasteiger partial charge is 0.494 e. The molecule has 1 N–H and O–H groups in total. The molecular weight excluding hydrogens is 334 g/mol. The van der Waals surface area contributed by atoms with E-state index in [4.69, 9.17) is 4.74 Å². The molecule has 25 heavy (non-hydrogen) atoms. The van der Waals surface area contributed by atoms with E-state index >= 15 is 0 Å². The minimum absolute atomic E-state index is 0.125. The summed E-state index contributed by atoms with van der Waals surface area (Å²) >= 11 is 1.55. The lowest BCUT2D eigenvalue weighted by Crippen LogP contribution is -2.13. The molecule has 0 aliphatic heterocycles. The van der Waals surface area contributed by atoms with E-state index in [0.29, 0.717) is 12.2 Å². The third-order valence-electron chi connectivity index (χ3n) is 4.02. The van der Waals surface area contributed by atoms with E-state index < -0.39 is 0 Å². The molecule has 130 valence electrons. The minimum Gasteiger partial charge on any atom is -0.494 e. The summed E-state index contributed by atoms with van der Waals surface area (Å²) < 4.78 is 7.54. The van der Waals surface area contributed by atoms with Gasteiger partial charge < -0.3 is 10.1 Å². The van der Waals surface area contributed by atoms with Crippen molar-refractivity contribution in [2.24, 2.45) is 0 Å². The number of ether oxygens (including phenoxy) is 1. The van der Waals surface area contributed by atoms with Crippen LogP contribution in [0.3, 0.4) is 0 Å². The van der Waals surface area contributed by atoms with Crippen LogP contribution in [0, 0.1) is 20.8 Å². The summed E-state index contributed by atoms with van der Waals surface area (Å²) in [7, 11) is 0. The van der Waals surface area contributed by atoms with Crippen molar-refractivity contribution in [2.45, 2.75) is 27.7 Å². The van der Waals surface area contributed by atoms with E-state index in [-0.39, 0.29) is 5.91 Å². The molecule has 5 nitrogen and oxygen atoms in total. The second-order valence-electron chi connectivity index (χ2n) is 5.80. The van der Waals surface area contributed by atoms with E-state index in [1.54, 1.807) is 17.5 Å². The van der Waals surface area contributed by atoms with Gasteiger partial charge in [0.05, 0.1) is 12.2 Å². The van der Waals surface area contributed by atoms with E-state index in [0.717, 1.165) is 33.5 Å². The molecule has 1 amide bonds. The predicted octanol–water partition coefficient (Wildman–Crippen LogP) is 4.51. The number of amides is 1. The maximum atomic E-state index is 12.7. The number of anilines is 1. The average molecular weight is 355 g/mol. The highest BCUT2D eigenvalue weighted by Crippen LogP contribution is 2.25. The summed E-state index contributed by atoms with van der Waals surface area (Å²) in [6, 6.07) is 7.56. The number of rotatable bonds is 5. The molecule has 3 aromatic rings. The van der Waals surface area contributed by atoms with Gasteiger partial charge >= 0.3 is 0 Å². The quantitative estimate of drug-likeness (QED) is 0.732. The molecule has 0 bridgehead atoms. The Morgan fingerprint density at radius 1 is 1.28 bits per heavy atom. The van der Waals surface area contributed by atoms with Crippen LogP contribution in [0.25, 0.3) is 5.13 Å². The van der Waals surface area contributed by atoms with Crippen molar-refractivity contribution in [3.63, 3.8) is 0 Å². The van der Waals surface area contributed by atoms with Gasteiger partial charge in [-0.15, -0.1) is 11.3 Å². The fourth-order valence-corrected chi connectivity index (χ4v) is 3.61. The molecule has 6 heteroatoms. The number of thiazole rings is 1. The number of nitrogens with one attached hydrogen (secondary N) is 1. The Morgan fingerprint density at radius 2 is 2.08 bits per heavy atom. The van der Waals surface area contributed by atoms with Crippen molar-refractivity contribution in [1.29, 1.82) is 0 Å². The number of nitrogens with zero attached hydrogens (tertiary/aromatic N) is 2. The van der Waals surface area contributed by atoms with Crippen LogP contribution in [0.4, 0.5) is 5.69 Å². The highest BCUT2D eigenvalue weighted by molar-refractivity contribution is 7.12. The van der Waals surface area contributed by atoms with Crippen molar-refractivity contribution in [1.82, 2.24) is 9.55 Å². The Kier molecular flexibility index (Phi) is 4.90. The van der Waals surface area contributed by atoms with Gasteiger partial charge in [0.2, 0.25) is 0 Å². The number of carbonyl (C=O) groups excluding carboxylic acids is 1. The van der Waals surface area contributed by atoms with Gasteiger partial charge in [-0.25, -0.2) is 4.98 Å². The lowest BCUT2D eigenvalue weighted by molar-refractivity contribution is 0.102. The Labute approximate surface area is 151 Å². The van der Waals surface area contributed by atoms with Gasteiger partial charge in [-0.3, -0.25) is 9.36 Å². The number of aromatic nitrogens is 2. The monoisotopic (exact) mass is 355 g/mol. The summed E-state index contributed by atoms with van der Waals surface area (Å²) in [5, 5.41) is 5.76. The van der Waals surface area contributed by atoms with E-state index in [1.165, 1.54) is 0 Å². The number of aryl methyl sites for hydroxylation is 2. The second kappa shape index (κ2) is 7.11. The molecule has 0 radical (unpaired) electrons. The number of carbonyl (C=O) groups is 1. The van der Waals surface area contributed by atoms with Crippen molar-refractivity contribution in [2.75, 3.05) is 11.9 Å². The molecule has 1 aromatic carbocycles. The third kappa shape index (κ3) is 3.44. The SMILES string of the molecule is CCOc1ccc(NC(=O)c2cc(C)n(-c3nccs3)c2C)cc1C. The third-order valence-corrected chi connectivity index (χ3v) is 4.78. The van der Waals surface area contributed by atoms with Crippen molar-refractivity contribution >= 4 is 22.9 Å². The van der Waals surface area contributed by atoms with Gasteiger partial charge in [0.15, 0.2) is 5.13 Å². The molecule has 0 fully saturated rings. The molecule has 2 heterocycles. The Hall–Kier alpha value is -2.60. The molecule has 3 rings (SSSR count). The number of hydrogen-bond acceptors (Lipinski definition) is 4. The van der Waals surface area contributed by atoms with Gasteiger partial charge in [-0.1, -0.05) is 0 Å².